The summed E-state index contributed by atoms with van der Waals surface area (Å²) < 4.78 is 2.94. The van der Waals surface area contributed by atoms with Crippen molar-refractivity contribution in [1.29, 1.82) is 0 Å². The minimum absolute atomic E-state index is 0.0883. The number of nitrogens with zero attached hydrogens (tertiary/aromatic N) is 2. The first-order chi connectivity index (χ1) is 18.6. The summed E-state index contributed by atoms with van der Waals surface area (Å²) in [6.45, 7) is -0.757. The maximum atomic E-state index is 13.9. The van der Waals surface area contributed by atoms with E-state index in [0.29, 0.717) is 15.8 Å². The quantitative estimate of drug-likeness (QED) is 0.190. The number of ether oxygens (including phenoxy) is 1. The highest BCUT2D eigenvalue weighted by Gasteiger charge is 2.88. The van der Waals surface area contributed by atoms with Gasteiger partial charge in [0.1, 0.15) is 22.0 Å². The van der Waals surface area contributed by atoms with Gasteiger partial charge in [-0.1, -0.05) is 69.6 Å². The highest BCUT2D eigenvalue weighted by Crippen LogP contribution is 2.77. The van der Waals surface area contributed by atoms with E-state index in [4.69, 9.17) is 97.5 Å². The molecule has 0 aromatic heterocycles. The van der Waals surface area contributed by atoms with Crippen LogP contribution in [0.1, 0.15) is 20.7 Å². The van der Waals surface area contributed by atoms with Crippen LogP contribution >= 0.6 is 92.8 Å². The maximum Gasteiger partial charge on any atom is 0.274 e. The van der Waals surface area contributed by atoms with Crippen LogP contribution in [0, 0.1) is 11.8 Å². The number of rotatable bonds is 6. The Labute approximate surface area is 267 Å². The summed E-state index contributed by atoms with van der Waals surface area (Å²) in [4.78, 5) is 50.8. The Hall–Kier alpha value is -1.42. The molecule has 5 rings (SSSR count). The molecule has 3 amide bonds. The zero-order valence-electron chi connectivity index (χ0n) is 19.9. The molecular weight excluding hydrogens is 692 g/mol. The van der Waals surface area contributed by atoms with Crippen molar-refractivity contribution in [3.8, 4) is 5.75 Å². The predicted octanol–water partition coefficient (Wildman–Crippen LogP) is 6.69. The van der Waals surface area contributed by atoms with Gasteiger partial charge in [-0.15, -0.1) is 23.2 Å². The number of amides is 3. The van der Waals surface area contributed by atoms with Gasteiger partial charge in [0.05, 0.1) is 39.6 Å². The first-order valence-electron chi connectivity index (χ1n) is 11.3. The highest BCUT2D eigenvalue weighted by molar-refractivity contribution is 6.66. The lowest BCUT2D eigenvalue weighted by molar-refractivity contribution is -0.154. The minimum Gasteiger partial charge on any atom is -0.497 e. The number of fused-ring (bicyclic) bond motifs is 5. The van der Waals surface area contributed by atoms with Gasteiger partial charge < -0.3 is 4.74 Å². The normalized spacial score (nSPS) is 28.3. The fourth-order valence-corrected chi connectivity index (χ4v) is 8.68. The number of ketones is 1. The van der Waals surface area contributed by atoms with E-state index < -0.39 is 56.0 Å². The zero-order valence-corrected chi connectivity index (χ0v) is 25.9. The second kappa shape index (κ2) is 10.1. The predicted molar refractivity (Wildman–Crippen MR) is 154 cm³/mol. The number of imide groups is 1. The fraction of sp³-hybridized carbons (Fsp3) is 0.280. The number of hydrogen-bond acceptors (Lipinski definition) is 5. The number of halogens is 8. The van der Waals surface area contributed by atoms with E-state index in [-0.39, 0.29) is 31.2 Å². The van der Waals surface area contributed by atoms with Gasteiger partial charge in [-0.2, -0.15) is 5.01 Å². The number of hydrogen-bond donors (Lipinski definition) is 0. The largest absolute Gasteiger partial charge is 0.497 e. The number of hydrazine groups is 1. The summed E-state index contributed by atoms with van der Waals surface area (Å²) in [7, 11) is 1.46. The molecule has 2 aromatic carbocycles. The number of carbonyl (C=O) groups is 4. The number of Topliss-reactive ketones (excluding diaryl/α,β-unsaturated/α-hetero) is 1. The molecule has 7 nitrogen and oxygen atoms in total. The van der Waals surface area contributed by atoms with Crippen molar-refractivity contribution in [2.24, 2.45) is 11.8 Å². The van der Waals surface area contributed by atoms with Crippen LogP contribution in [-0.4, -0.2) is 61.3 Å². The third kappa shape index (κ3) is 3.86. The molecule has 2 aliphatic carbocycles. The highest BCUT2D eigenvalue weighted by atomic mass is 35.5. The first kappa shape index (κ1) is 30.1. The Balaban J connectivity index is 1.60. The Morgan fingerprint density at radius 2 is 1.40 bits per heavy atom. The average Bonchev–Trinajstić information content (AvgIpc) is 3.30. The summed E-state index contributed by atoms with van der Waals surface area (Å²) >= 11 is 51.6. The molecule has 1 aliphatic heterocycles. The van der Waals surface area contributed by atoms with Crippen molar-refractivity contribution < 1.29 is 23.9 Å². The van der Waals surface area contributed by atoms with Crippen LogP contribution < -0.4 is 4.74 Å². The molecule has 1 saturated heterocycles. The standard InChI is InChI=1S/C25H14Cl8N2O5/c1-40-12-5-2-10(3-6-12)15(36)9-34(20(37)13-7-4-11(26)8-14(13)27)35-21(38)16-17(22(35)39)24(31)19(29)18(28)23(16,30)25(24,32)33/h2-8,16-17H,9H2,1H3/t16-,17-,23+,24+/m0/s1. The van der Waals surface area contributed by atoms with Crippen molar-refractivity contribution in [2.45, 2.75) is 14.1 Å². The van der Waals surface area contributed by atoms with E-state index in [0.717, 1.165) is 0 Å². The molecule has 4 atom stereocenters. The topological polar surface area (TPSA) is 84.0 Å². The van der Waals surface area contributed by atoms with Gasteiger partial charge in [-0.3, -0.25) is 19.2 Å². The summed E-state index contributed by atoms with van der Waals surface area (Å²) in [6.07, 6.45) is 0. The Kier molecular flexibility index (Phi) is 7.58. The van der Waals surface area contributed by atoms with Gasteiger partial charge in [0.15, 0.2) is 10.1 Å². The molecule has 0 unspecified atom stereocenters. The summed E-state index contributed by atoms with van der Waals surface area (Å²) in [6, 6.07) is 9.96. The smallest absolute Gasteiger partial charge is 0.274 e. The molecule has 2 bridgehead atoms. The molecule has 1 saturated carbocycles. The van der Waals surface area contributed by atoms with Crippen molar-refractivity contribution in [3.05, 3.63) is 73.7 Å². The van der Waals surface area contributed by atoms with Gasteiger partial charge in [0, 0.05) is 10.6 Å². The van der Waals surface area contributed by atoms with Crippen LogP contribution in [-0.2, 0) is 9.59 Å². The lowest BCUT2D eigenvalue weighted by Crippen LogP contribution is -2.56. The minimum atomic E-state index is -2.17. The maximum absolute atomic E-state index is 13.9. The molecule has 1 heterocycles. The van der Waals surface area contributed by atoms with Gasteiger partial charge in [-0.25, -0.2) is 5.01 Å². The van der Waals surface area contributed by atoms with Gasteiger partial charge in [-0.05, 0) is 42.5 Å². The van der Waals surface area contributed by atoms with Gasteiger partial charge >= 0.3 is 0 Å². The summed E-state index contributed by atoms with van der Waals surface area (Å²) in [5, 5.41) is 0.707. The van der Waals surface area contributed by atoms with Crippen LogP contribution in [0.3, 0.4) is 0 Å². The molecule has 15 heteroatoms. The van der Waals surface area contributed by atoms with Gasteiger partial charge in [0.2, 0.25) is 0 Å². The molecule has 210 valence electrons. The molecule has 3 aliphatic rings. The fourth-order valence-electron chi connectivity index (χ4n) is 5.26. The number of allylic oxidation sites excluding steroid dienone is 2. The number of carbonyl (C=O) groups excluding carboxylic acids is 4. The molecule has 0 N–H and O–H groups in total. The van der Waals surface area contributed by atoms with Crippen molar-refractivity contribution >= 4 is 116 Å². The molecule has 2 fully saturated rings. The molecule has 0 spiro atoms. The van der Waals surface area contributed by atoms with Crippen LogP contribution in [0.2, 0.25) is 10.0 Å². The lowest BCUT2D eigenvalue weighted by atomic mass is 9.84. The molecule has 2 aromatic rings. The van der Waals surface area contributed by atoms with E-state index in [9.17, 15) is 19.2 Å². The third-order valence-electron chi connectivity index (χ3n) is 7.23. The van der Waals surface area contributed by atoms with Crippen LogP contribution in [0.5, 0.6) is 5.75 Å². The second-order valence-corrected chi connectivity index (χ2v) is 13.3. The zero-order chi connectivity index (χ0) is 29.5. The van der Waals surface area contributed by atoms with E-state index in [1.807, 2.05) is 0 Å². The second-order valence-electron chi connectivity index (χ2n) is 9.21. The summed E-state index contributed by atoms with van der Waals surface area (Å²) in [5.41, 5.74) is 0.0182. The Bertz CT molecular complexity index is 1480. The lowest BCUT2D eigenvalue weighted by Gasteiger charge is -2.36. The van der Waals surface area contributed by atoms with Crippen molar-refractivity contribution in [1.82, 2.24) is 10.0 Å². The Morgan fingerprint density at radius 1 is 0.875 bits per heavy atom. The van der Waals surface area contributed by atoms with Crippen LogP contribution in [0.25, 0.3) is 0 Å². The number of alkyl halides is 4. The van der Waals surface area contributed by atoms with Crippen LogP contribution in [0.15, 0.2) is 52.5 Å². The van der Waals surface area contributed by atoms with Gasteiger partial charge in [0.25, 0.3) is 17.7 Å². The first-order valence-corrected chi connectivity index (χ1v) is 14.3. The van der Waals surface area contributed by atoms with E-state index in [1.165, 1.54) is 49.6 Å². The molecular formula is C25H14Cl8N2O5. The van der Waals surface area contributed by atoms with E-state index >= 15 is 0 Å². The monoisotopic (exact) mass is 702 g/mol. The number of benzene rings is 2. The SMILES string of the molecule is COc1ccc(C(=O)CN(C(=O)c2ccc(Cl)cc2Cl)N2C(=O)[C@@H]3[C@@H](C2=O)[C@@]2(Cl)C(Cl)=C(Cl)[C@@]3(Cl)C2(Cl)Cl)cc1. The average molecular weight is 706 g/mol. The molecule has 40 heavy (non-hydrogen) atoms. The van der Waals surface area contributed by atoms with Crippen molar-refractivity contribution in [2.75, 3.05) is 13.7 Å². The Morgan fingerprint density at radius 3 is 1.88 bits per heavy atom. The van der Waals surface area contributed by atoms with E-state index in [2.05, 4.69) is 0 Å². The number of methoxy groups -OCH3 is 1. The third-order valence-corrected chi connectivity index (χ3v) is 12.0. The van der Waals surface area contributed by atoms with Crippen LogP contribution in [0.4, 0.5) is 0 Å². The van der Waals surface area contributed by atoms with Crippen molar-refractivity contribution in [3.63, 3.8) is 0 Å². The molecule has 0 radical (unpaired) electrons. The summed E-state index contributed by atoms with van der Waals surface area (Å²) in [5.74, 6) is -6.16. The van der Waals surface area contributed by atoms with E-state index in [1.54, 1.807) is 0 Å².